The Bertz CT molecular complexity index is 196. The lowest BCUT2D eigenvalue weighted by molar-refractivity contribution is 0.224. The minimum absolute atomic E-state index is 0.337. The van der Waals surface area contributed by atoms with Gasteiger partial charge in [0.05, 0.1) is 0 Å². The second-order valence-electron chi connectivity index (χ2n) is 6.96. The first-order valence-corrected chi connectivity index (χ1v) is 7.37. The summed E-state index contributed by atoms with van der Waals surface area (Å²) >= 11 is 0. The summed E-state index contributed by atoms with van der Waals surface area (Å²) in [5.41, 5.74) is 6.57. The van der Waals surface area contributed by atoms with Gasteiger partial charge in [-0.15, -0.1) is 0 Å². The Hall–Kier alpha value is -0.120. The smallest absolute Gasteiger partial charge is 0.0109 e. The molecule has 110 valence electrons. The summed E-state index contributed by atoms with van der Waals surface area (Å²) < 4.78 is 0. The maximum atomic E-state index is 6.22. The van der Waals surface area contributed by atoms with E-state index in [0.717, 1.165) is 32.5 Å². The number of hydrogen-bond donors (Lipinski definition) is 1. The molecule has 0 aromatic rings. The molecule has 0 fully saturated rings. The van der Waals surface area contributed by atoms with E-state index in [1.54, 1.807) is 0 Å². The van der Waals surface area contributed by atoms with Gasteiger partial charge in [0.1, 0.15) is 0 Å². The second-order valence-corrected chi connectivity index (χ2v) is 6.96. The van der Waals surface area contributed by atoms with Crippen LogP contribution in [0.25, 0.3) is 0 Å². The minimum Gasteiger partial charge on any atom is -0.328 e. The predicted octanol–water partition coefficient (Wildman–Crippen LogP) is 2.41. The largest absolute Gasteiger partial charge is 0.328 e. The van der Waals surface area contributed by atoms with Crippen LogP contribution in [0.15, 0.2) is 0 Å². The number of nitrogens with two attached hydrogens (primary N) is 1. The Morgan fingerprint density at radius 1 is 1.00 bits per heavy atom. The van der Waals surface area contributed by atoms with Crippen LogP contribution >= 0.6 is 0 Å². The molecular weight excluding hydrogens is 222 g/mol. The SMILES string of the molecule is CCCN(CCC(N)CC(C)(C)C)CCN(C)C. The van der Waals surface area contributed by atoms with Gasteiger partial charge in [0, 0.05) is 19.1 Å². The molecule has 0 bridgehead atoms. The summed E-state index contributed by atoms with van der Waals surface area (Å²) in [5.74, 6) is 0. The molecule has 0 aliphatic heterocycles. The Kier molecular flexibility index (Phi) is 8.83. The van der Waals surface area contributed by atoms with E-state index in [1.165, 1.54) is 13.0 Å². The van der Waals surface area contributed by atoms with Gasteiger partial charge in [-0.25, -0.2) is 0 Å². The fourth-order valence-corrected chi connectivity index (χ4v) is 2.23. The first kappa shape index (κ1) is 17.9. The van der Waals surface area contributed by atoms with Crippen molar-refractivity contribution in [2.75, 3.05) is 40.3 Å². The van der Waals surface area contributed by atoms with E-state index in [-0.39, 0.29) is 0 Å². The summed E-state index contributed by atoms with van der Waals surface area (Å²) in [7, 11) is 4.27. The maximum absolute atomic E-state index is 6.22. The van der Waals surface area contributed by atoms with Gasteiger partial charge in [-0.05, 0) is 51.9 Å². The first-order valence-electron chi connectivity index (χ1n) is 7.37. The van der Waals surface area contributed by atoms with Gasteiger partial charge in [-0.2, -0.15) is 0 Å². The zero-order chi connectivity index (χ0) is 14.2. The van der Waals surface area contributed by atoms with Gasteiger partial charge in [0.25, 0.3) is 0 Å². The van der Waals surface area contributed by atoms with E-state index in [4.69, 9.17) is 5.73 Å². The fourth-order valence-electron chi connectivity index (χ4n) is 2.23. The van der Waals surface area contributed by atoms with Crippen LogP contribution in [-0.2, 0) is 0 Å². The molecule has 3 heteroatoms. The number of nitrogens with zero attached hydrogens (tertiary/aromatic N) is 2. The van der Waals surface area contributed by atoms with Crippen molar-refractivity contribution in [2.24, 2.45) is 11.1 Å². The van der Waals surface area contributed by atoms with Crippen molar-refractivity contribution >= 4 is 0 Å². The standard InChI is InChI=1S/C15H35N3/c1-7-9-18(12-11-17(5)6)10-8-14(16)13-15(2,3)4/h14H,7-13,16H2,1-6H3. The van der Waals surface area contributed by atoms with Crippen LogP contribution in [0, 0.1) is 5.41 Å². The normalized spacial score (nSPS) is 14.5. The molecule has 0 aromatic heterocycles. The number of hydrogen-bond acceptors (Lipinski definition) is 3. The minimum atomic E-state index is 0.337. The van der Waals surface area contributed by atoms with E-state index in [1.807, 2.05) is 0 Å². The number of rotatable bonds is 9. The van der Waals surface area contributed by atoms with Gasteiger partial charge in [0.15, 0.2) is 0 Å². The third-order valence-electron chi connectivity index (χ3n) is 3.09. The molecule has 0 rings (SSSR count). The molecule has 0 heterocycles. The molecule has 0 spiro atoms. The highest BCUT2D eigenvalue weighted by molar-refractivity contribution is 4.73. The molecule has 0 saturated carbocycles. The van der Waals surface area contributed by atoms with Crippen molar-refractivity contribution in [2.45, 2.75) is 53.0 Å². The molecule has 0 aliphatic rings. The van der Waals surface area contributed by atoms with Crippen molar-refractivity contribution < 1.29 is 0 Å². The lowest BCUT2D eigenvalue weighted by atomic mass is 9.87. The van der Waals surface area contributed by atoms with Crippen LogP contribution < -0.4 is 5.73 Å². The van der Waals surface area contributed by atoms with Crippen LogP contribution in [0.3, 0.4) is 0 Å². The van der Waals surface area contributed by atoms with Crippen molar-refractivity contribution in [3.05, 3.63) is 0 Å². The molecule has 1 unspecified atom stereocenters. The molecule has 0 radical (unpaired) electrons. The van der Waals surface area contributed by atoms with Crippen LogP contribution in [-0.4, -0.2) is 56.1 Å². The Balaban J connectivity index is 3.94. The van der Waals surface area contributed by atoms with E-state index >= 15 is 0 Å². The quantitative estimate of drug-likeness (QED) is 0.688. The van der Waals surface area contributed by atoms with Crippen molar-refractivity contribution in [1.29, 1.82) is 0 Å². The van der Waals surface area contributed by atoms with Crippen molar-refractivity contribution in [3.63, 3.8) is 0 Å². The van der Waals surface area contributed by atoms with E-state index in [2.05, 4.69) is 51.6 Å². The van der Waals surface area contributed by atoms with Crippen LogP contribution in [0.5, 0.6) is 0 Å². The molecule has 3 nitrogen and oxygen atoms in total. The second kappa shape index (κ2) is 8.89. The highest BCUT2D eigenvalue weighted by Gasteiger charge is 2.16. The monoisotopic (exact) mass is 257 g/mol. The summed E-state index contributed by atoms with van der Waals surface area (Å²) in [6.07, 6.45) is 3.45. The molecule has 0 saturated heterocycles. The molecular formula is C15H35N3. The molecule has 2 N–H and O–H groups in total. The molecule has 0 aliphatic carbocycles. The summed E-state index contributed by atoms with van der Waals surface area (Å²) in [5, 5.41) is 0. The van der Waals surface area contributed by atoms with Crippen LogP contribution in [0.1, 0.15) is 47.0 Å². The van der Waals surface area contributed by atoms with Crippen LogP contribution in [0.4, 0.5) is 0 Å². The zero-order valence-corrected chi connectivity index (χ0v) is 13.5. The lowest BCUT2D eigenvalue weighted by Crippen LogP contribution is -2.36. The Morgan fingerprint density at radius 3 is 2.06 bits per heavy atom. The molecule has 18 heavy (non-hydrogen) atoms. The zero-order valence-electron chi connectivity index (χ0n) is 13.5. The molecule has 0 aromatic carbocycles. The highest BCUT2D eigenvalue weighted by Crippen LogP contribution is 2.21. The fraction of sp³-hybridized carbons (Fsp3) is 1.00. The highest BCUT2D eigenvalue weighted by atomic mass is 15.2. The van der Waals surface area contributed by atoms with Crippen molar-refractivity contribution in [1.82, 2.24) is 9.80 Å². The predicted molar refractivity (Wildman–Crippen MR) is 81.9 cm³/mol. The van der Waals surface area contributed by atoms with Gasteiger partial charge in [-0.3, -0.25) is 0 Å². The Labute approximate surface area is 115 Å². The summed E-state index contributed by atoms with van der Waals surface area (Å²) in [4.78, 5) is 4.79. The average molecular weight is 257 g/mol. The topological polar surface area (TPSA) is 32.5 Å². The lowest BCUT2D eigenvalue weighted by Gasteiger charge is -2.27. The molecule has 0 amide bonds. The third kappa shape index (κ3) is 11.0. The van der Waals surface area contributed by atoms with E-state index in [9.17, 15) is 0 Å². The van der Waals surface area contributed by atoms with E-state index < -0.39 is 0 Å². The first-order chi connectivity index (χ1) is 8.24. The van der Waals surface area contributed by atoms with Crippen LogP contribution in [0.2, 0.25) is 0 Å². The van der Waals surface area contributed by atoms with Gasteiger partial charge < -0.3 is 15.5 Å². The maximum Gasteiger partial charge on any atom is 0.0109 e. The third-order valence-corrected chi connectivity index (χ3v) is 3.09. The van der Waals surface area contributed by atoms with Gasteiger partial charge >= 0.3 is 0 Å². The van der Waals surface area contributed by atoms with Gasteiger partial charge in [0.2, 0.25) is 0 Å². The molecule has 1 atom stereocenters. The number of likely N-dealkylation sites (N-methyl/N-ethyl adjacent to an activating group) is 1. The summed E-state index contributed by atoms with van der Waals surface area (Å²) in [6.45, 7) is 13.7. The van der Waals surface area contributed by atoms with E-state index in [0.29, 0.717) is 11.5 Å². The summed E-state index contributed by atoms with van der Waals surface area (Å²) in [6, 6.07) is 0.337. The Morgan fingerprint density at radius 2 is 1.61 bits per heavy atom. The average Bonchev–Trinajstić information content (AvgIpc) is 2.19. The van der Waals surface area contributed by atoms with Gasteiger partial charge in [-0.1, -0.05) is 27.7 Å². The van der Waals surface area contributed by atoms with Crippen molar-refractivity contribution in [3.8, 4) is 0 Å².